The first-order valence-corrected chi connectivity index (χ1v) is 36.3. The van der Waals surface area contributed by atoms with E-state index in [0.29, 0.717) is 17.4 Å². The second kappa shape index (κ2) is 62.5. The lowest BCUT2D eigenvalue weighted by Crippen LogP contribution is -2.37. The molecular weight excluding hydrogens is 1030 g/mol. The van der Waals surface area contributed by atoms with Crippen LogP contribution in [-0.2, 0) is 32.7 Å². The van der Waals surface area contributed by atoms with Crippen LogP contribution < -0.4 is 4.89 Å². The highest BCUT2D eigenvalue weighted by Gasteiger charge is 2.22. The summed E-state index contributed by atoms with van der Waals surface area (Å²) in [5, 5.41) is 0. The van der Waals surface area contributed by atoms with Gasteiger partial charge in [-0.05, 0) is 51.4 Å². The van der Waals surface area contributed by atoms with Gasteiger partial charge in [0.1, 0.15) is 19.8 Å². The largest absolute Gasteiger partial charge is 0.756 e. The summed E-state index contributed by atoms with van der Waals surface area (Å²) in [4.78, 5) is 38.1. The summed E-state index contributed by atoms with van der Waals surface area (Å²) < 4.78 is 34.3. The minimum atomic E-state index is -4.64. The van der Waals surface area contributed by atoms with Gasteiger partial charge in [0.25, 0.3) is 7.82 Å². The number of quaternary nitrogens is 1. The average molecular weight is 1160 g/mol. The van der Waals surface area contributed by atoms with E-state index in [-0.39, 0.29) is 32.0 Å². The molecule has 0 bridgehead atoms. The fourth-order valence-electron chi connectivity index (χ4n) is 10.3. The van der Waals surface area contributed by atoms with Crippen molar-refractivity contribution in [1.82, 2.24) is 0 Å². The van der Waals surface area contributed by atoms with Crippen molar-refractivity contribution in [2.45, 2.75) is 347 Å². The van der Waals surface area contributed by atoms with Gasteiger partial charge in [0.2, 0.25) is 0 Å². The van der Waals surface area contributed by atoms with E-state index in [2.05, 4.69) is 62.5 Å². The molecule has 0 heterocycles. The number of phosphoric ester groups is 1. The van der Waals surface area contributed by atoms with Crippen molar-refractivity contribution in [2.75, 3.05) is 47.5 Å². The summed E-state index contributed by atoms with van der Waals surface area (Å²) >= 11 is 0. The third-order valence-corrected chi connectivity index (χ3v) is 16.6. The highest BCUT2D eigenvalue weighted by Crippen LogP contribution is 2.38. The molecule has 0 radical (unpaired) electrons. The summed E-state index contributed by atoms with van der Waals surface area (Å²) in [5.74, 6) is -0.814. The Kier molecular flexibility index (Phi) is 60.9. The second-order valence-electron chi connectivity index (χ2n) is 24.9. The summed E-state index contributed by atoms with van der Waals surface area (Å²) in [7, 11) is 1.18. The maximum Gasteiger partial charge on any atom is 0.306 e. The second-order valence-corrected chi connectivity index (χ2v) is 26.3. The smallest absolute Gasteiger partial charge is 0.306 e. The van der Waals surface area contributed by atoms with Crippen molar-refractivity contribution >= 4 is 19.8 Å². The Morgan fingerprint density at radius 2 is 0.704 bits per heavy atom. The minimum Gasteiger partial charge on any atom is -0.756 e. The van der Waals surface area contributed by atoms with E-state index >= 15 is 0 Å². The van der Waals surface area contributed by atoms with Crippen LogP contribution in [0.15, 0.2) is 48.6 Å². The van der Waals surface area contributed by atoms with Gasteiger partial charge in [-0.3, -0.25) is 14.2 Å². The Morgan fingerprint density at radius 1 is 0.395 bits per heavy atom. The van der Waals surface area contributed by atoms with Crippen molar-refractivity contribution in [1.29, 1.82) is 0 Å². The number of hydrogen-bond donors (Lipinski definition) is 0. The molecule has 0 aromatic heterocycles. The molecule has 81 heavy (non-hydrogen) atoms. The van der Waals surface area contributed by atoms with Crippen LogP contribution in [-0.4, -0.2) is 70.0 Å². The molecule has 0 saturated carbocycles. The molecule has 2 atom stereocenters. The van der Waals surface area contributed by atoms with Crippen LogP contribution in [0.1, 0.15) is 341 Å². The summed E-state index contributed by atoms with van der Waals surface area (Å²) in [6.07, 6.45) is 80.5. The molecule has 0 amide bonds. The highest BCUT2D eigenvalue weighted by molar-refractivity contribution is 7.45. The zero-order chi connectivity index (χ0) is 59.1. The number of allylic oxidation sites excluding steroid dienone is 8. The van der Waals surface area contributed by atoms with Gasteiger partial charge in [-0.25, -0.2) is 0 Å². The highest BCUT2D eigenvalue weighted by atomic mass is 31.2. The van der Waals surface area contributed by atoms with Crippen molar-refractivity contribution in [3.63, 3.8) is 0 Å². The summed E-state index contributed by atoms with van der Waals surface area (Å²) in [6.45, 7) is 4.19. The Balaban J connectivity index is 4.00. The number of unbranched alkanes of at least 4 members (excludes halogenated alkanes) is 43. The average Bonchev–Trinajstić information content (AvgIpc) is 3.43. The van der Waals surface area contributed by atoms with Crippen molar-refractivity contribution in [2.24, 2.45) is 0 Å². The van der Waals surface area contributed by atoms with Gasteiger partial charge >= 0.3 is 11.9 Å². The molecule has 0 rings (SSSR count). The monoisotopic (exact) mass is 1160 g/mol. The van der Waals surface area contributed by atoms with Crippen LogP contribution in [0.3, 0.4) is 0 Å². The Bertz CT molecular complexity index is 1510. The van der Waals surface area contributed by atoms with E-state index in [4.69, 9.17) is 18.5 Å². The van der Waals surface area contributed by atoms with Crippen molar-refractivity contribution in [3.05, 3.63) is 48.6 Å². The molecule has 0 aromatic rings. The van der Waals surface area contributed by atoms with E-state index < -0.39 is 26.5 Å². The summed E-state index contributed by atoms with van der Waals surface area (Å²) in [5.41, 5.74) is 0. The lowest BCUT2D eigenvalue weighted by molar-refractivity contribution is -0.870. The molecule has 476 valence electrons. The van der Waals surface area contributed by atoms with Gasteiger partial charge in [0.05, 0.1) is 27.7 Å². The Labute approximate surface area is 503 Å². The van der Waals surface area contributed by atoms with E-state index in [1.807, 2.05) is 21.1 Å². The van der Waals surface area contributed by atoms with Crippen molar-refractivity contribution in [3.8, 4) is 0 Å². The molecule has 10 heteroatoms. The first-order valence-electron chi connectivity index (χ1n) is 34.8. The fourth-order valence-corrected chi connectivity index (χ4v) is 11.0. The lowest BCUT2D eigenvalue weighted by atomic mass is 10.0. The molecule has 0 aliphatic heterocycles. The normalized spacial score (nSPS) is 13.4. The standard InChI is InChI=1S/C71H134NO8P/c1-6-8-10-12-14-16-18-20-22-24-26-28-30-32-34-36-38-40-42-44-46-48-50-52-54-56-58-60-62-64-71(74)80-69(68-79-81(75,76)78-66-65-72(3,4)5)67-77-70(73)63-61-59-57-55-53-51-49-47-45-43-41-39-37-35-33-31-29-27-25-23-21-19-17-15-13-11-9-7-2/h8,10,14,16,20,22,26,28,69H,6-7,9,11-13,15,17-19,21,23-25,27,29-68H2,1-5H3/b10-8-,16-14-,22-20-,28-26-. The van der Waals surface area contributed by atoms with E-state index in [0.717, 1.165) is 64.2 Å². The minimum absolute atomic E-state index is 0.0288. The predicted molar refractivity (Wildman–Crippen MR) is 347 cm³/mol. The van der Waals surface area contributed by atoms with Crippen LogP contribution in [0, 0.1) is 0 Å². The van der Waals surface area contributed by atoms with Crippen LogP contribution in [0.2, 0.25) is 0 Å². The number of nitrogens with zero attached hydrogens (tertiary/aromatic N) is 1. The molecule has 9 nitrogen and oxygen atoms in total. The van der Waals surface area contributed by atoms with E-state index in [1.165, 1.54) is 244 Å². The van der Waals surface area contributed by atoms with Crippen LogP contribution in [0.4, 0.5) is 0 Å². The molecular formula is C71H134NO8P. The summed E-state index contributed by atoms with van der Waals surface area (Å²) in [6, 6.07) is 0. The maximum atomic E-state index is 12.9. The number of carbonyl (C=O) groups is 2. The van der Waals surface area contributed by atoms with Gasteiger partial charge < -0.3 is 27.9 Å². The number of esters is 2. The first-order chi connectivity index (χ1) is 39.5. The number of likely N-dealkylation sites (N-methyl/N-ethyl adjacent to an activating group) is 1. The zero-order valence-electron chi connectivity index (χ0n) is 54.2. The first kappa shape index (κ1) is 79.0. The third kappa shape index (κ3) is 67.0. The Hall–Kier alpha value is -2.03. The van der Waals surface area contributed by atoms with Crippen LogP contribution in [0.25, 0.3) is 0 Å². The SMILES string of the molecule is CC/C=C\C/C=C\C/C=C\C/C=C\CCCCCCCCCCCCCCCCCCC(=O)OC(COC(=O)CCCCCCCCCCCCCCCCCCCCCCCCCCCCCC)COP(=O)([O-])OCC[N+](C)(C)C. The Morgan fingerprint density at radius 3 is 1.05 bits per heavy atom. The van der Waals surface area contributed by atoms with E-state index in [1.54, 1.807) is 0 Å². The molecule has 2 unspecified atom stereocenters. The molecule has 0 N–H and O–H groups in total. The molecule has 0 aromatic carbocycles. The van der Waals surface area contributed by atoms with E-state index in [9.17, 15) is 19.0 Å². The number of ether oxygens (including phenoxy) is 2. The number of rotatable bonds is 65. The van der Waals surface area contributed by atoms with Gasteiger partial charge in [0, 0.05) is 12.8 Å². The number of hydrogen-bond acceptors (Lipinski definition) is 8. The quantitative estimate of drug-likeness (QED) is 0.0195. The van der Waals surface area contributed by atoms with Gasteiger partial charge in [0.15, 0.2) is 6.10 Å². The van der Waals surface area contributed by atoms with Gasteiger partial charge in [-0.2, -0.15) is 0 Å². The molecule has 0 fully saturated rings. The fraction of sp³-hybridized carbons (Fsp3) is 0.859. The molecule has 0 spiro atoms. The van der Waals surface area contributed by atoms with Crippen LogP contribution >= 0.6 is 7.82 Å². The van der Waals surface area contributed by atoms with Gasteiger partial charge in [-0.1, -0.05) is 326 Å². The number of carbonyl (C=O) groups excluding carboxylic acids is 2. The predicted octanol–water partition coefficient (Wildman–Crippen LogP) is 21.8. The number of phosphoric acid groups is 1. The zero-order valence-corrected chi connectivity index (χ0v) is 55.1. The third-order valence-electron chi connectivity index (χ3n) is 15.6. The molecule has 0 aliphatic carbocycles. The topological polar surface area (TPSA) is 111 Å². The maximum absolute atomic E-state index is 12.9. The molecule has 0 aliphatic rings. The van der Waals surface area contributed by atoms with Crippen LogP contribution in [0.5, 0.6) is 0 Å². The van der Waals surface area contributed by atoms with Crippen molar-refractivity contribution < 1.29 is 42.1 Å². The van der Waals surface area contributed by atoms with Gasteiger partial charge in [-0.15, -0.1) is 0 Å². The lowest BCUT2D eigenvalue weighted by Gasteiger charge is -2.28. The molecule has 0 saturated heterocycles.